The smallest absolute Gasteiger partial charge is 0.123 e. The van der Waals surface area contributed by atoms with E-state index >= 15 is 0 Å². The van der Waals surface area contributed by atoms with Gasteiger partial charge in [-0.2, -0.15) is 0 Å². The summed E-state index contributed by atoms with van der Waals surface area (Å²) in [5.41, 5.74) is 7.61. The fourth-order valence-electron chi connectivity index (χ4n) is 2.61. The normalized spacial score (nSPS) is 21.1. The monoisotopic (exact) mass is 250 g/mol. The van der Waals surface area contributed by atoms with Crippen LogP contribution in [-0.2, 0) is 0 Å². The second-order valence-electron chi connectivity index (χ2n) is 6.14. The van der Waals surface area contributed by atoms with Gasteiger partial charge in [0.2, 0.25) is 0 Å². The summed E-state index contributed by atoms with van der Waals surface area (Å²) in [5, 5.41) is 0. The van der Waals surface area contributed by atoms with Crippen molar-refractivity contribution in [2.75, 3.05) is 19.6 Å². The Morgan fingerprint density at radius 1 is 1.33 bits per heavy atom. The molecular weight excluding hydrogens is 227 g/mol. The molecule has 0 radical (unpaired) electrons. The number of nitrogens with zero attached hydrogens (tertiary/aromatic N) is 1. The van der Waals surface area contributed by atoms with Crippen LogP contribution in [0.4, 0.5) is 4.39 Å². The summed E-state index contributed by atoms with van der Waals surface area (Å²) in [6.07, 6.45) is 2.19. The van der Waals surface area contributed by atoms with E-state index in [0.29, 0.717) is 5.41 Å². The molecule has 2 nitrogen and oxygen atoms in total. The summed E-state index contributed by atoms with van der Waals surface area (Å²) in [6, 6.07) is 6.54. The third-order valence-electron chi connectivity index (χ3n) is 3.81. The fourth-order valence-corrected chi connectivity index (χ4v) is 2.61. The Bertz CT molecular complexity index is 386. The van der Waals surface area contributed by atoms with Crippen LogP contribution in [0.15, 0.2) is 24.3 Å². The lowest BCUT2D eigenvalue weighted by Crippen LogP contribution is -2.27. The first-order chi connectivity index (χ1) is 8.46. The highest BCUT2D eigenvalue weighted by Gasteiger charge is 2.28. The summed E-state index contributed by atoms with van der Waals surface area (Å²) >= 11 is 0. The van der Waals surface area contributed by atoms with Crippen LogP contribution in [0, 0.1) is 11.2 Å². The van der Waals surface area contributed by atoms with Gasteiger partial charge in [-0.3, -0.25) is 0 Å². The topological polar surface area (TPSA) is 29.3 Å². The molecular formula is C15H23FN2. The van der Waals surface area contributed by atoms with Gasteiger partial charge in [0.15, 0.2) is 0 Å². The second kappa shape index (κ2) is 5.37. The predicted octanol–water partition coefficient (Wildman–Crippen LogP) is 2.95. The maximum atomic E-state index is 12.8. The van der Waals surface area contributed by atoms with E-state index in [2.05, 4.69) is 18.7 Å². The highest BCUT2D eigenvalue weighted by atomic mass is 19.1. The molecule has 1 aromatic carbocycles. The summed E-state index contributed by atoms with van der Waals surface area (Å²) < 4.78 is 12.8. The van der Waals surface area contributed by atoms with Crippen LogP contribution in [0.2, 0.25) is 0 Å². The molecule has 1 heterocycles. The summed E-state index contributed by atoms with van der Waals surface area (Å²) in [6.45, 7) is 7.98. The van der Waals surface area contributed by atoms with Crippen molar-refractivity contribution in [3.05, 3.63) is 35.6 Å². The maximum Gasteiger partial charge on any atom is 0.123 e. The van der Waals surface area contributed by atoms with Gasteiger partial charge in [-0.05, 0) is 49.0 Å². The molecule has 18 heavy (non-hydrogen) atoms. The maximum absolute atomic E-state index is 12.8. The first kappa shape index (κ1) is 13.5. The highest BCUT2D eigenvalue weighted by molar-refractivity contribution is 5.19. The van der Waals surface area contributed by atoms with Gasteiger partial charge in [-0.1, -0.05) is 26.0 Å². The van der Waals surface area contributed by atoms with Crippen LogP contribution in [0.1, 0.15) is 38.3 Å². The SMILES string of the molecule is CC1(C)CCN(CCC(N)c2ccc(F)cc2)C1. The minimum absolute atomic E-state index is 0.00862. The Balaban J connectivity index is 1.82. The average molecular weight is 250 g/mol. The van der Waals surface area contributed by atoms with Gasteiger partial charge < -0.3 is 10.6 Å². The Labute approximate surface area is 109 Å². The van der Waals surface area contributed by atoms with Crippen LogP contribution < -0.4 is 5.73 Å². The quantitative estimate of drug-likeness (QED) is 0.890. The number of halogens is 1. The molecule has 0 amide bonds. The lowest BCUT2D eigenvalue weighted by Gasteiger charge is -2.21. The van der Waals surface area contributed by atoms with E-state index in [4.69, 9.17) is 5.73 Å². The molecule has 1 aliphatic rings. The number of hydrogen-bond acceptors (Lipinski definition) is 2. The van der Waals surface area contributed by atoms with Gasteiger partial charge in [0.1, 0.15) is 5.82 Å². The molecule has 1 aromatic rings. The predicted molar refractivity (Wildman–Crippen MR) is 72.8 cm³/mol. The molecule has 1 atom stereocenters. The van der Waals surface area contributed by atoms with Gasteiger partial charge in [0, 0.05) is 12.6 Å². The minimum atomic E-state index is -0.202. The van der Waals surface area contributed by atoms with Gasteiger partial charge in [-0.25, -0.2) is 4.39 Å². The van der Waals surface area contributed by atoms with E-state index in [9.17, 15) is 4.39 Å². The molecule has 0 saturated carbocycles. The highest BCUT2D eigenvalue weighted by Crippen LogP contribution is 2.29. The fraction of sp³-hybridized carbons (Fsp3) is 0.600. The van der Waals surface area contributed by atoms with Crippen molar-refractivity contribution in [2.45, 2.75) is 32.7 Å². The van der Waals surface area contributed by atoms with Gasteiger partial charge in [0.25, 0.3) is 0 Å². The van der Waals surface area contributed by atoms with Gasteiger partial charge in [0.05, 0.1) is 0 Å². The molecule has 3 heteroatoms. The van der Waals surface area contributed by atoms with E-state index in [1.165, 1.54) is 25.1 Å². The van der Waals surface area contributed by atoms with Crippen molar-refractivity contribution < 1.29 is 4.39 Å². The molecule has 0 aromatic heterocycles. The zero-order valence-electron chi connectivity index (χ0n) is 11.3. The second-order valence-corrected chi connectivity index (χ2v) is 6.14. The molecule has 2 rings (SSSR count). The lowest BCUT2D eigenvalue weighted by molar-refractivity contribution is 0.281. The Morgan fingerprint density at radius 2 is 2.00 bits per heavy atom. The lowest BCUT2D eigenvalue weighted by atomic mass is 9.93. The molecule has 0 bridgehead atoms. The average Bonchev–Trinajstić information content (AvgIpc) is 2.67. The van der Waals surface area contributed by atoms with E-state index in [1.54, 1.807) is 12.1 Å². The van der Waals surface area contributed by atoms with Crippen molar-refractivity contribution >= 4 is 0 Å². The van der Waals surface area contributed by atoms with Crippen molar-refractivity contribution in [2.24, 2.45) is 11.1 Å². The van der Waals surface area contributed by atoms with Crippen LogP contribution >= 0.6 is 0 Å². The first-order valence-electron chi connectivity index (χ1n) is 6.70. The first-order valence-corrected chi connectivity index (χ1v) is 6.70. The number of rotatable bonds is 4. The summed E-state index contributed by atoms with van der Waals surface area (Å²) in [5.74, 6) is -0.202. The van der Waals surface area contributed by atoms with Crippen molar-refractivity contribution in [1.29, 1.82) is 0 Å². The van der Waals surface area contributed by atoms with E-state index in [0.717, 1.165) is 25.1 Å². The Hall–Kier alpha value is -0.930. The van der Waals surface area contributed by atoms with E-state index < -0.39 is 0 Å². The standard InChI is InChI=1S/C15H23FN2/c1-15(2)8-10-18(11-15)9-7-14(17)12-3-5-13(16)6-4-12/h3-6,14H,7-11,17H2,1-2H3. The van der Waals surface area contributed by atoms with Crippen LogP contribution in [0.5, 0.6) is 0 Å². The molecule has 1 saturated heterocycles. The van der Waals surface area contributed by atoms with E-state index in [-0.39, 0.29) is 11.9 Å². The van der Waals surface area contributed by atoms with Gasteiger partial charge in [-0.15, -0.1) is 0 Å². The minimum Gasteiger partial charge on any atom is -0.324 e. The number of benzene rings is 1. The summed E-state index contributed by atoms with van der Waals surface area (Å²) in [7, 11) is 0. The van der Waals surface area contributed by atoms with Crippen LogP contribution in [0.25, 0.3) is 0 Å². The number of hydrogen-bond donors (Lipinski definition) is 1. The summed E-state index contributed by atoms with van der Waals surface area (Å²) in [4.78, 5) is 2.48. The number of nitrogens with two attached hydrogens (primary N) is 1. The van der Waals surface area contributed by atoms with Crippen LogP contribution in [0.3, 0.4) is 0 Å². The molecule has 1 aliphatic heterocycles. The van der Waals surface area contributed by atoms with Crippen molar-refractivity contribution in [1.82, 2.24) is 4.90 Å². The Kier molecular flexibility index (Phi) is 4.03. The third kappa shape index (κ3) is 3.53. The Morgan fingerprint density at radius 3 is 2.56 bits per heavy atom. The number of likely N-dealkylation sites (tertiary alicyclic amines) is 1. The molecule has 2 N–H and O–H groups in total. The third-order valence-corrected chi connectivity index (χ3v) is 3.81. The zero-order chi connectivity index (χ0) is 13.2. The van der Waals surface area contributed by atoms with Crippen LogP contribution in [-0.4, -0.2) is 24.5 Å². The molecule has 1 fully saturated rings. The van der Waals surface area contributed by atoms with Gasteiger partial charge >= 0.3 is 0 Å². The molecule has 100 valence electrons. The van der Waals surface area contributed by atoms with Crippen molar-refractivity contribution in [3.8, 4) is 0 Å². The zero-order valence-corrected chi connectivity index (χ0v) is 11.3. The van der Waals surface area contributed by atoms with Crippen molar-refractivity contribution in [3.63, 3.8) is 0 Å². The molecule has 1 unspecified atom stereocenters. The molecule has 0 aliphatic carbocycles. The molecule has 0 spiro atoms. The van der Waals surface area contributed by atoms with E-state index in [1.807, 2.05) is 0 Å². The largest absolute Gasteiger partial charge is 0.324 e.